The minimum Gasteiger partial charge on any atom is -0.493 e. The number of ether oxygens (including phenoxy) is 2. The largest absolute Gasteiger partial charge is 0.493 e. The molecule has 10 heteroatoms. The molecule has 0 aliphatic carbocycles. The van der Waals surface area contributed by atoms with Crippen LogP contribution in [0.3, 0.4) is 0 Å². The number of carbonyl (C=O) groups is 2. The average molecular weight is 514 g/mol. The molecule has 0 aliphatic rings. The molecule has 0 bridgehead atoms. The molecular weight excluding hydrogens is 496 g/mol. The molecule has 0 spiro atoms. The van der Waals surface area contributed by atoms with Gasteiger partial charge in [-0.3, -0.25) is 9.59 Å². The van der Waals surface area contributed by atoms with E-state index in [-0.39, 0.29) is 27.8 Å². The van der Waals surface area contributed by atoms with E-state index in [1.807, 2.05) is 6.07 Å². The fourth-order valence-corrected chi connectivity index (χ4v) is 3.39. The zero-order valence-electron chi connectivity index (χ0n) is 18.3. The highest BCUT2D eigenvalue weighted by Gasteiger charge is 2.16. The number of carbonyl (C=O) groups excluding carboxylic acids is 2. The Morgan fingerprint density at radius 2 is 1.86 bits per heavy atom. The molecule has 3 aromatic rings. The summed E-state index contributed by atoms with van der Waals surface area (Å²) in [7, 11) is 1.36. The van der Waals surface area contributed by atoms with Crippen LogP contribution in [-0.4, -0.2) is 25.5 Å². The molecule has 0 aromatic heterocycles. The van der Waals surface area contributed by atoms with Gasteiger partial charge < -0.3 is 20.1 Å². The van der Waals surface area contributed by atoms with Gasteiger partial charge in [-0.2, -0.15) is 5.26 Å². The molecule has 2 N–H and O–H groups in total. The maximum Gasteiger partial charge on any atom is 0.266 e. The zero-order chi connectivity index (χ0) is 25.4. The Morgan fingerprint density at radius 1 is 1.09 bits per heavy atom. The third-order valence-electron chi connectivity index (χ3n) is 4.51. The Kier molecular flexibility index (Phi) is 8.68. The Morgan fingerprint density at radius 3 is 2.54 bits per heavy atom. The highest BCUT2D eigenvalue weighted by atomic mass is 35.5. The summed E-state index contributed by atoms with van der Waals surface area (Å²) in [5.41, 5.74) is 0.630. The molecule has 3 rings (SSSR count). The molecule has 0 unspecified atom stereocenters. The van der Waals surface area contributed by atoms with Crippen molar-refractivity contribution in [1.82, 2.24) is 0 Å². The van der Waals surface area contributed by atoms with E-state index < -0.39 is 24.2 Å². The first kappa shape index (κ1) is 25.6. The monoisotopic (exact) mass is 513 g/mol. The van der Waals surface area contributed by atoms with Gasteiger partial charge in [0.05, 0.1) is 17.8 Å². The van der Waals surface area contributed by atoms with E-state index in [9.17, 15) is 19.2 Å². The van der Waals surface area contributed by atoms with E-state index >= 15 is 0 Å². The molecule has 0 atom stereocenters. The van der Waals surface area contributed by atoms with E-state index in [0.29, 0.717) is 16.3 Å². The van der Waals surface area contributed by atoms with Crippen LogP contribution >= 0.6 is 23.2 Å². The van der Waals surface area contributed by atoms with Gasteiger partial charge in [-0.25, -0.2) is 4.39 Å². The third kappa shape index (κ3) is 6.96. The van der Waals surface area contributed by atoms with Crippen LogP contribution in [0.5, 0.6) is 11.5 Å². The summed E-state index contributed by atoms with van der Waals surface area (Å²) in [6.07, 6.45) is 1.32. The molecule has 0 saturated heterocycles. The lowest BCUT2D eigenvalue weighted by Crippen LogP contribution is -2.21. The fourth-order valence-electron chi connectivity index (χ4n) is 2.93. The van der Waals surface area contributed by atoms with Gasteiger partial charge in [0.25, 0.3) is 11.8 Å². The van der Waals surface area contributed by atoms with Crippen molar-refractivity contribution in [2.24, 2.45) is 0 Å². The predicted molar refractivity (Wildman–Crippen MR) is 132 cm³/mol. The highest BCUT2D eigenvalue weighted by Crippen LogP contribution is 2.37. The van der Waals surface area contributed by atoms with Gasteiger partial charge in [0.1, 0.15) is 17.5 Å². The van der Waals surface area contributed by atoms with Crippen LogP contribution in [-0.2, 0) is 9.59 Å². The minimum absolute atomic E-state index is 0.0136. The number of nitrogens with one attached hydrogen (secondary N) is 2. The summed E-state index contributed by atoms with van der Waals surface area (Å²) >= 11 is 12.2. The smallest absolute Gasteiger partial charge is 0.266 e. The minimum atomic E-state index is -0.644. The number of nitriles is 1. The Labute approximate surface area is 210 Å². The Balaban J connectivity index is 1.75. The lowest BCUT2D eigenvalue weighted by atomic mass is 10.1. The van der Waals surface area contributed by atoms with Crippen LogP contribution in [0, 0.1) is 17.1 Å². The lowest BCUT2D eigenvalue weighted by molar-refractivity contribution is -0.118. The van der Waals surface area contributed by atoms with Gasteiger partial charge in [-0.1, -0.05) is 41.4 Å². The van der Waals surface area contributed by atoms with Crippen molar-refractivity contribution in [3.8, 4) is 17.6 Å². The number of hydrogen-bond acceptors (Lipinski definition) is 5. The Hall–Kier alpha value is -4.06. The summed E-state index contributed by atoms with van der Waals surface area (Å²) in [5.74, 6) is -1.61. The number of para-hydroxylation sites is 1. The van der Waals surface area contributed by atoms with Gasteiger partial charge >= 0.3 is 0 Å². The first-order chi connectivity index (χ1) is 16.8. The summed E-state index contributed by atoms with van der Waals surface area (Å²) in [6.45, 7) is -0.467. The van der Waals surface area contributed by atoms with Crippen LogP contribution < -0.4 is 20.1 Å². The second kappa shape index (κ2) is 11.9. The second-order valence-corrected chi connectivity index (χ2v) is 7.83. The van der Waals surface area contributed by atoms with E-state index in [4.69, 9.17) is 32.7 Å². The Bertz CT molecular complexity index is 1340. The van der Waals surface area contributed by atoms with Crippen LogP contribution in [0.25, 0.3) is 6.08 Å². The maximum absolute atomic E-state index is 13.7. The topological polar surface area (TPSA) is 100 Å². The van der Waals surface area contributed by atoms with E-state index in [1.54, 1.807) is 30.3 Å². The van der Waals surface area contributed by atoms with Crippen LogP contribution in [0.2, 0.25) is 10.0 Å². The number of halogens is 3. The number of rotatable bonds is 8. The van der Waals surface area contributed by atoms with E-state index in [1.165, 1.54) is 43.5 Å². The van der Waals surface area contributed by atoms with Crippen molar-refractivity contribution in [3.63, 3.8) is 0 Å². The van der Waals surface area contributed by atoms with Crippen molar-refractivity contribution in [2.75, 3.05) is 24.4 Å². The number of benzene rings is 3. The molecule has 0 heterocycles. The SMILES string of the molecule is COc1cc(/C=C(/C#N)C(=O)Nc2cccc(Cl)c2)cc(Cl)c1OCC(=O)Nc1ccccc1F. The molecule has 0 saturated carbocycles. The summed E-state index contributed by atoms with van der Waals surface area (Å²) < 4.78 is 24.5. The maximum atomic E-state index is 13.7. The highest BCUT2D eigenvalue weighted by molar-refractivity contribution is 6.32. The van der Waals surface area contributed by atoms with Crippen molar-refractivity contribution in [1.29, 1.82) is 5.26 Å². The van der Waals surface area contributed by atoms with Crippen molar-refractivity contribution < 1.29 is 23.5 Å². The molecular formula is C25H18Cl2FN3O4. The van der Waals surface area contributed by atoms with Gasteiger partial charge in [0, 0.05) is 10.7 Å². The number of nitrogens with zero attached hydrogens (tertiary/aromatic N) is 1. The van der Waals surface area contributed by atoms with E-state index in [0.717, 1.165) is 0 Å². The standard InChI is InChI=1S/C25H18Cl2FN3O4/c1-34-22-11-15(9-16(13-29)25(33)30-18-6-4-5-17(26)12-18)10-19(27)24(22)35-14-23(32)31-21-8-3-2-7-20(21)28/h2-12H,14H2,1H3,(H,30,33)(H,31,32)/b16-9-. The number of anilines is 2. The van der Waals surface area contributed by atoms with Gasteiger partial charge in [-0.05, 0) is 54.1 Å². The zero-order valence-corrected chi connectivity index (χ0v) is 19.8. The van der Waals surface area contributed by atoms with Crippen molar-refractivity contribution in [2.45, 2.75) is 0 Å². The lowest BCUT2D eigenvalue weighted by Gasteiger charge is -2.14. The van der Waals surface area contributed by atoms with Crippen molar-refractivity contribution >= 4 is 52.5 Å². The van der Waals surface area contributed by atoms with Crippen LogP contribution in [0.4, 0.5) is 15.8 Å². The molecule has 3 aromatic carbocycles. The first-order valence-corrected chi connectivity index (χ1v) is 10.8. The molecule has 2 amide bonds. The average Bonchev–Trinajstić information content (AvgIpc) is 2.82. The first-order valence-electron chi connectivity index (χ1n) is 10.0. The van der Waals surface area contributed by atoms with Gasteiger partial charge in [0.2, 0.25) is 0 Å². The molecule has 178 valence electrons. The third-order valence-corrected chi connectivity index (χ3v) is 5.02. The number of amides is 2. The quantitative estimate of drug-likeness (QED) is 0.297. The fraction of sp³-hybridized carbons (Fsp3) is 0.0800. The second-order valence-electron chi connectivity index (χ2n) is 6.99. The summed E-state index contributed by atoms with van der Waals surface area (Å²) in [6, 6.07) is 17.0. The summed E-state index contributed by atoms with van der Waals surface area (Å²) in [5, 5.41) is 15.0. The van der Waals surface area contributed by atoms with E-state index in [2.05, 4.69) is 10.6 Å². The van der Waals surface area contributed by atoms with Crippen molar-refractivity contribution in [3.05, 3.63) is 87.7 Å². The predicted octanol–water partition coefficient (Wildman–Crippen LogP) is 5.70. The normalized spacial score (nSPS) is 10.8. The van der Waals surface area contributed by atoms with Gasteiger partial charge in [0.15, 0.2) is 18.1 Å². The number of hydrogen-bond donors (Lipinski definition) is 2. The molecule has 0 radical (unpaired) electrons. The summed E-state index contributed by atoms with van der Waals surface area (Å²) in [4.78, 5) is 24.7. The molecule has 0 fully saturated rings. The molecule has 7 nitrogen and oxygen atoms in total. The van der Waals surface area contributed by atoms with Crippen LogP contribution in [0.15, 0.2) is 66.2 Å². The molecule has 35 heavy (non-hydrogen) atoms. The van der Waals surface area contributed by atoms with Gasteiger partial charge in [-0.15, -0.1) is 0 Å². The number of methoxy groups -OCH3 is 1. The van der Waals surface area contributed by atoms with Crippen LogP contribution in [0.1, 0.15) is 5.56 Å². The molecule has 0 aliphatic heterocycles.